The number of rotatable bonds is 4. The van der Waals surface area contributed by atoms with Gasteiger partial charge in [-0.1, -0.05) is 60.7 Å². The molecule has 120 valence electrons. The highest BCUT2D eigenvalue weighted by Gasteiger charge is 2.32. The molecule has 0 bridgehead atoms. The van der Waals surface area contributed by atoms with Crippen molar-refractivity contribution in [2.24, 2.45) is 0 Å². The summed E-state index contributed by atoms with van der Waals surface area (Å²) in [4.78, 5) is 1.91. The fourth-order valence-corrected chi connectivity index (χ4v) is 5.02. The van der Waals surface area contributed by atoms with Crippen LogP contribution in [0.5, 0.6) is 0 Å². The van der Waals surface area contributed by atoms with Crippen LogP contribution in [-0.4, -0.2) is 39.7 Å². The van der Waals surface area contributed by atoms with Gasteiger partial charge in [0.05, 0.1) is 5.75 Å². The van der Waals surface area contributed by atoms with E-state index in [-0.39, 0.29) is 5.75 Å². The third-order valence-corrected chi connectivity index (χ3v) is 6.16. The van der Waals surface area contributed by atoms with Crippen LogP contribution in [0.1, 0.15) is 27.5 Å². The predicted molar refractivity (Wildman–Crippen MR) is 96.0 cm³/mol. The van der Waals surface area contributed by atoms with Gasteiger partial charge in [-0.05, 0) is 36.3 Å². The molecule has 0 aromatic heterocycles. The SMILES string of the molecule is CN(C)CCS(=O)(=O)C1c2ccccc2C=Cc2ccccc21. The molecule has 0 spiro atoms. The highest BCUT2D eigenvalue weighted by molar-refractivity contribution is 7.91. The zero-order valence-corrected chi connectivity index (χ0v) is 14.3. The Labute approximate surface area is 138 Å². The van der Waals surface area contributed by atoms with Gasteiger partial charge in [0.2, 0.25) is 0 Å². The minimum absolute atomic E-state index is 0.146. The van der Waals surface area contributed by atoms with E-state index in [2.05, 4.69) is 0 Å². The molecule has 2 aromatic rings. The Hall–Kier alpha value is -1.91. The van der Waals surface area contributed by atoms with Crippen molar-refractivity contribution in [3.8, 4) is 0 Å². The molecule has 0 atom stereocenters. The van der Waals surface area contributed by atoms with E-state index in [1.807, 2.05) is 79.7 Å². The van der Waals surface area contributed by atoms with Crippen LogP contribution < -0.4 is 0 Å². The lowest BCUT2D eigenvalue weighted by atomic mass is 9.99. The van der Waals surface area contributed by atoms with E-state index < -0.39 is 15.1 Å². The summed E-state index contributed by atoms with van der Waals surface area (Å²) >= 11 is 0. The molecule has 0 saturated carbocycles. The Morgan fingerprint density at radius 1 is 0.870 bits per heavy atom. The van der Waals surface area contributed by atoms with Crippen molar-refractivity contribution in [1.29, 1.82) is 0 Å². The molecule has 4 heteroatoms. The Morgan fingerprint density at radius 2 is 1.35 bits per heavy atom. The van der Waals surface area contributed by atoms with Crippen molar-refractivity contribution >= 4 is 22.0 Å². The van der Waals surface area contributed by atoms with Gasteiger partial charge in [-0.25, -0.2) is 8.42 Å². The minimum Gasteiger partial charge on any atom is -0.308 e. The van der Waals surface area contributed by atoms with Gasteiger partial charge < -0.3 is 4.90 Å². The van der Waals surface area contributed by atoms with Gasteiger partial charge in [0.25, 0.3) is 0 Å². The maximum absolute atomic E-state index is 13.1. The molecule has 0 amide bonds. The third-order valence-electron chi connectivity index (χ3n) is 4.18. The van der Waals surface area contributed by atoms with Crippen molar-refractivity contribution in [2.75, 3.05) is 26.4 Å². The summed E-state index contributed by atoms with van der Waals surface area (Å²) < 4.78 is 26.2. The summed E-state index contributed by atoms with van der Waals surface area (Å²) in [6, 6.07) is 15.5. The Kier molecular flexibility index (Phi) is 4.37. The smallest absolute Gasteiger partial charge is 0.162 e. The molecule has 2 aromatic carbocycles. The molecular weight excluding hydrogens is 306 g/mol. The average molecular weight is 327 g/mol. The van der Waals surface area contributed by atoms with Crippen LogP contribution in [0.2, 0.25) is 0 Å². The quantitative estimate of drug-likeness (QED) is 0.865. The second kappa shape index (κ2) is 6.30. The first-order valence-corrected chi connectivity index (χ1v) is 9.43. The Morgan fingerprint density at radius 3 is 1.83 bits per heavy atom. The highest BCUT2D eigenvalue weighted by Crippen LogP contribution is 2.38. The van der Waals surface area contributed by atoms with Crippen LogP contribution in [0.4, 0.5) is 0 Å². The third kappa shape index (κ3) is 3.23. The summed E-state index contributed by atoms with van der Waals surface area (Å²) in [5.74, 6) is 0.146. The summed E-state index contributed by atoms with van der Waals surface area (Å²) in [6.45, 7) is 0.524. The predicted octanol–water partition coefficient (Wildman–Crippen LogP) is 3.24. The standard InChI is InChI=1S/C19H21NO2S/c1-20(2)13-14-23(21,22)19-17-9-5-3-7-15(17)11-12-16-8-4-6-10-18(16)19/h3-12,19H,13-14H2,1-2H3. The van der Waals surface area contributed by atoms with Crippen LogP contribution in [0.3, 0.4) is 0 Å². The van der Waals surface area contributed by atoms with Crippen LogP contribution >= 0.6 is 0 Å². The summed E-state index contributed by atoms with van der Waals surface area (Å²) in [5.41, 5.74) is 3.68. The number of benzene rings is 2. The van der Waals surface area contributed by atoms with Crippen LogP contribution in [0.15, 0.2) is 48.5 Å². The lowest BCUT2D eigenvalue weighted by molar-refractivity contribution is 0.431. The molecule has 0 heterocycles. The summed E-state index contributed by atoms with van der Waals surface area (Å²) in [6.07, 6.45) is 4.02. The molecular formula is C19H21NO2S. The molecule has 0 saturated heterocycles. The number of nitrogens with zero attached hydrogens (tertiary/aromatic N) is 1. The number of sulfone groups is 1. The fraction of sp³-hybridized carbons (Fsp3) is 0.263. The van der Waals surface area contributed by atoms with Crippen molar-refractivity contribution in [3.63, 3.8) is 0 Å². The van der Waals surface area contributed by atoms with E-state index in [1.54, 1.807) is 0 Å². The van der Waals surface area contributed by atoms with E-state index in [0.717, 1.165) is 22.3 Å². The van der Waals surface area contributed by atoms with Gasteiger partial charge >= 0.3 is 0 Å². The molecule has 3 rings (SSSR count). The van der Waals surface area contributed by atoms with Crippen LogP contribution in [-0.2, 0) is 9.84 Å². The molecule has 1 aliphatic carbocycles. The highest BCUT2D eigenvalue weighted by atomic mass is 32.2. The zero-order valence-electron chi connectivity index (χ0n) is 13.4. The molecule has 0 unspecified atom stereocenters. The molecule has 1 aliphatic rings. The number of hydrogen-bond donors (Lipinski definition) is 0. The van der Waals surface area contributed by atoms with Gasteiger partial charge in [0.1, 0.15) is 5.25 Å². The second-order valence-corrected chi connectivity index (χ2v) is 8.35. The minimum atomic E-state index is -3.31. The second-order valence-electron chi connectivity index (χ2n) is 6.14. The molecule has 3 nitrogen and oxygen atoms in total. The Balaban J connectivity index is 2.17. The van der Waals surface area contributed by atoms with Crippen LogP contribution in [0, 0.1) is 0 Å². The Bertz CT molecular complexity index is 788. The van der Waals surface area contributed by atoms with Gasteiger partial charge in [-0.15, -0.1) is 0 Å². The first-order chi connectivity index (χ1) is 11.0. The van der Waals surface area contributed by atoms with Gasteiger partial charge in [0, 0.05) is 6.54 Å². The molecule has 0 radical (unpaired) electrons. The summed E-state index contributed by atoms with van der Waals surface area (Å²) in [7, 11) is 0.480. The van der Waals surface area contributed by atoms with E-state index in [4.69, 9.17) is 0 Å². The molecule has 0 N–H and O–H groups in total. The normalized spacial score (nSPS) is 14.4. The average Bonchev–Trinajstić information content (AvgIpc) is 2.70. The maximum Gasteiger partial charge on any atom is 0.162 e. The first-order valence-electron chi connectivity index (χ1n) is 7.71. The van der Waals surface area contributed by atoms with Crippen LogP contribution in [0.25, 0.3) is 12.2 Å². The molecule has 0 fully saturated rings. The summed E-state index contributed by atoms with van der Waals surface area (Å²) in [5, 5.41) is -0.607. The number of fused-ring (bicyclic) bond motifs is 2. The van der Waals surface area contributed by atoms with Crippen molar-refractivity contribution in [2.45, 2.75) is 5.25 Å². The van der Waals surface area contributed by atoms with E-state index in [1.165, 1.54) is 0 Å². The maximum atomic E-state index is 13.1. The van der Waals surface area contributed by atoms with Crippen molar-refractivity contribution in [1.82, 2.24) is 4.90 Å². The largest absolute Gasteiger partial charge is 0.308 e. The van der Waals surface area contributed by atoms with E-state index >= 15 is 0 Å². The number of hydrogen-bond acceptors (Lipinski definition) is 3. The lowest BCUT2D eigenvalue weighted by Gasteiger charge is -2.21. The van der Waals surface area contributed by atoms with Gasteiger partial charge in [-0.3, -0.25) is 0 Å². The van der Waals surface area contributed by atoms with E-state index in [0.29, 0.717) is 6.54 Å². The zero-order chi connectivity index (χ0) is 16.4. The van der Waals surface area contributed by atoms with Crippen molar-refractivity contribution in [3.05, 3.63) is 70.8 Å². The van der Waals surface area contributed by atoms with Gasteiger partial charge in [-0.2, -0.15) is 0 Å². The first kappa shape index (κ1) is 16.0. The lowest BCUT2D eigenvalue weighted by Crippen LogP contribution is -2.26. The molecule has 0 aliphatic heterocycles. The fourth-order valence-electron chi connectivity index (χ4n) is 2.96. The molecule has 23 heavy (non-hydrogen) atoms. The topological polar surface area (TPSA) is 37.4 Å². The van der Waals surface area contributed by atoms with Gasteiger partial charge in [0.15, 0.2) is 9.84 Å². The monoisotopic (exact) mass is 327 g/mol. The van der Waals surface area contributed by atoms with Crippen molar-refractivity contribution < 1.29 is 8.42 Å². The van der Waals surface area contributed by atoms with E-state index in [9.17, 15) is 8.42 Å².